The average molecular weight is 262 g/mol. The third kappa shape index (κ3) is 3.23. The van der Waals surface area contributed by atoms with E-state index in [1.54, 1.807) is 6.20 Å². The smallest absolute Gasteiger partial charge is 0.255 e. The zero-order valence-electron chi connectivity index (χ0n) is 11.9. The number of piperidine rings is 1. The lowest BCUT2D eigenvalue weighted by atomic mass is 10.1. The Labute approximate surface area is 114 Å². The van der Waals surface area contributed by atoms with Crippen LogP contribution in [-0.2, 0) is 0 Å². The maximum Gasteiger partial charge on any atom is 0.255 e. The normalized spacial score (nSPS) is 19.3. The van der Waals surface area contributed by atoms with Crippen LogP contribution in [-0.4, -0.2) is 56.1 Å². The quantitative estimate of drug-likeness (QED) is 0.882. The van der Waals surface area contributed by atoms with Gasteiger partial charge in [0.1, 0.15) is 5.82 Å². The molecule has 5 heteroatoms. The molecule has 1 aromatic rings. The summed E-state index contributed by atoms with van der Waals surface area (Å²) in [5, 5.41) is 3.25. The molecule has 1 saturated heterocycles. The summed E-state index contributed by atoms with van der Waals surface area (Å²) in [7, 11) is 5.82. The first-order chi connectivity index (χ1) is 9.11. The molecule has 1 aromatic heterocycles. The number of nitrogens with zero attached hydrogens (tertiary/aromatic N) is 3. The van der Waals surface area contributed by atoms with Gasteiger partial charge in [-0.2, -0.15) is 0 Å². The van der Waals surface area contributed by atoms with E-state index in [0.717, 1.165) is 31.7 Å². The van der Waals surface area contributed by atoms with Crippen molar-refractivity contribution in [3.05, 3.63) is 23.9 Å². The number of carbonyl (C=O) groups is 1. The second-order valence-corrected chi connectivity index (χ2v) is 5.18. The number of aromatic nitrogens is 1. The molecule has 0 bridgehead atoms. The number of pyridine rings is 1. The van der Waals surface area contributed by atoms with Crippen LogP contribution in [0.5, 0.6) is 0 Å². The number of likely N-dealkylation sites (tertiary alicyclic amines) is 1. The highest BCUT2D eigenvalue weighted by atomic mass is 16.2. The van der Waals surface area contributed by atoms with E-state index in [1.807, 2.05) is 43.1 Å². The van der Waals surface area contributed by atoms with Crippen molar-refractivity contribution in [2.45, 2.75) is 18.9 Å². The summed E-state index contributed by atoms with van der Waals surface area (Å²) in [6.45, 7) is 1.62. The number of hydrogen-bond donors (Lipinski definition) is 1. The molecule has 19 heavy (non-hydrogen) atoms. The summed E-state index contributed by atoms with van der Waals surface area (Å²) in [6, 6.07) is 4.15. The Morgan fingerprint density at radius 3 is 2.84 bits per heavy atom. The van der Waals surface area contributed by atoms with E-state index in [-0.39, 0.29) is 5.91 Å². The fraction of sp³-hybridized carbons (Fsp3) is 0.571. The first kappa shape index (κ1) is 13.8. The van der Waals surface area contributed by atoms with E-state index < -0.39 is 0 Å². The van der Waals surface area contributed by atoms with Gasteiger partial charge in [-0.3, -0.25) is 4.79 Å². The average Bonchev–Trinajstić information content (AvgIpc) is 2.46. The molecule has 1 aliphatic rings. The van der Waals surface area contributed by atoms with Gasteiger partial charge in [-0.15, -0.1) is 0 Å². The van der Waals surface area contributed by atoms with E-state index in [2.05, 4.69) is 10.3 Å². The third-order valence-corrected chi connectivity index (χ3v) is 3.57. The summed E-state index contributed by atoms with van der Waals surface area (Å²) in [6.07, 6.45) is 3.86. The number of nitrogens with one attached hydrogen (secondary N) is 1. The minimum absolute atomic E-state index is 0.0813. The minimum atomic E-state index is 0.0813. The Morgan fingerprint density at radius 1 is 1.47 bits per heavy atom. The second-order valence-electron chi connectivity index (χ2n) is 5.18. The fourth-order valence-corrected chi connectivity index (χ4v) is 2.36. The van der Waals surface area contributed by atoms with Crippen molar-refractivity contribution in [3.8, 4) is 0 Å². The Bertz CT molecular complexity index is 430. The van der Waals surface area contributed by atoms with Crippen LogP contribution < -0.4 is 10.2 Å². The summed E-state index contributed by atoms with van der Waals surface area (Å²) in [4.78, 5) is 20.5. The maximum absolute atomic E-state index is 12.4. The molecule has 104 valence electrons. The first-order valence-corrected chi connectivity index (χ1v) is 6.71. The standard InChI is InChI=1S/C14H22N4O/c1-15-12-5-4-8-18(10-12)14(19)11-6-7-13(16-9-11)17(2)3/h6-7,9,12,15H,4-5,8,10H2,1-3H3. The highest BCUT2D eigenvalue weighted by molar-refractivity contribution is 5.94. The highest BCUT2D eigenvalue weighted by Gasteiger charge is 2.23. The van der Waals surface area contributed by atoms with Crippen molar-refractivity contribution in [1.82, 2.24) is 15.2 Å². The molecule has 2 rings (SSSR count). The summed E-state index contributed by atoms with van der Waals surface area (Å²) < 4.78 is 0. The molecule has 1 atom stereocenters. The SMILES string of the molecule is CNC1CCCN(C(=O)c2ccc(N(C)C)nc2)C1. The van der Waals surface area contributed by atoms with Crippen molar-refractivity contribution in [2.75, 3.05) is 39.1 Å². The van der Waals surface area contributed by atoms with Gasteiger partial charge in [0, 0.05) is 39.4 Å². The Balaban J connectivity index is 2.06. The Hall–Kier alpha value is -1.62. The van der Waals surface area contributed by atoms with E-state index in [4.69, 9.17) is 0 Å². The van der Waals surface area contributed by atoms with Crippen LogP contribution in [0.3, 0.4) is 0 Å². The summed E-state index contributed by atoms with van der Waals surface area (Å²) in [5.74, 6) is 0.945. The third-order valence-electron chi connectivity index (χ3n) is 3.57. The number of carbonyl (C=O) groups excluding carboxylic acids is 1. The summed E-state index contributed by atoms with van der Waals surface area (Å²) in [5.41, 5.74) is 0.669. The van der Waals surface area contributed by atoms with E-state index in [1.165, 1.54) is 0 Å². The fourth-order valence-electron chi connectivity index (χ4n) is 2.36. The van der Waals surface area contributed by atoms with E-state index in [0.29, 0.717) is 11.6 Å². The van der Waals surface area contributed by atoms with Crippen molar-refractivity contribution < 1.29 is 4.79 Å². The van der Waals surface area contributed by atoms with Crippen LogP contribution in [0, 0.1) is 0 Å². The topological polar surface area (TPSA) is 48.5 Å². The van der Waals surface area contributed by atoms with Gasteiger partial charge in [0.15, 0.2) is 0 Å². The number of likely N-dealkylation sites (N-methyl/N-ethyl adjacent to an activating group) is 1. The number of amides is 1. The zero-order valence-corrected chi connectivity index (χ0v) is 11.9. The van der Waals surface area contributed by atoms with Gasteiger partial charge in [-0.05, 0) is 32.0 Å². The van der Waals surface area contributed by atoms with Crippen molar-refractivity contribution in [3.63, 3.8) is 0 Å². The molecule has 1 N–H and O–H groups in total. The molecule has 0 spiro atoms. The van der Waals surface area contributed by atoms with Crippen LogP contribution in [0.25, 0.3) is 0 Å². The first-order valence-electron chi connectivity index (χ1n) is 6.71. The molecule has 0 aromatic carbocycles. The second kappa shape index (κ2) is 6.02. The van der Waals surface area contributed by atoms with Crippen molar-refractivity contribution in [2.24, 2.45) is 0 Å². The number of rotatable bonds is 3. The largest absolute Gasteiger partial charge is 0.363 e. The molecule has 0 aliphatic carbocycles. The summed E-state index contributed by atoms with van der Waals surface area (Å²) >= 11 is 0. The van der Waals surface area contributed by atoms with Crippen LogP contribution in [0.2, 0.25) is 0 Å². The van der Waals surface area contributed by atoms with Crippen LogP contribution in [0.4, 0.5) is 5.82 Å². The van der Waals surface area contributed by atoms with Gasteiger partial charge < -0.3 is 15.1 Å². The minimum Gasteiger partial charge on any atom is -0.363 e. The van der Waals surface area contributed by atoms with Gasteiger partial charge in [-0.1, -0.05) is 0 Å². The van der Waals surface area contributed by atoms with Gasteiger partial charge in [0.2, 0.25) is 0 Å². The lowest BCUT2D eigenvalue weighted by molar-refractivity contribution is 0.0698. The number of anilines is 1. The lowest BCUT2D eigenvalue weighted by Gasteiger charge is -2.32. The van der Waals surface area contributed by atoms with E-state index >= 15 is 0 Å². The van der Waals surface area contributed by atoms with Crippen molar-refractivity contribution in [1.29, 1.82) is 0 Å². The lowest BCUT2D eigenvalue weighted by Crippen LogP contribution is -2.46. The molecule has 0 radical (unpaired) electrons. The molecule has 1 fully saturated rings. The predicted molar refractivity (Wildman–Crippen MR) is 76.5 cm³/mol. The molecule has 1 aliphatic heterocycles. The molecular formula is C14H22N4O. The van der Waals surface area contributed by atoms with Gasteiger partial charge in [0.05, 0.1) is 5.56 Å². The van der Waals surface area contributed by atoms with Crippen LogP contribution in [0.1, 0.15) is 23.2 Å². The molecule has 1 unspecified atom stereocenters. The van der Waals surface area contributed by atoms with Crippen molar-refractivity contribution >= 4 is 11.7 Å². The van der Waals surface area contributed by atoms with Gasteiger partial charge >= 0.3 is 0 Å². The highest BCUT2D eigenvalue weighted by Crippen LogP contribution is 2.15. The molecule has 2 heterocycles. The predicted octanol–water partition coefficient (Wildman–Crippen LogP) is 0.972. The molecular weight excluding hydrogens is 240 g/mol. The maximum atomic E-state index is 12.4. The monoisotopic (exact) mass is 262 g/mol. The number of hydrogen-bond acceptors (Lipinski definition) is 4. The van der Waals surface area contributed by atoms with Crippen LogP contribution >= 0.6 is 0 Å². The Kier molecular flexibility index (Phi) is 4.37. The van der Waals surface area contributed by atoms with E-state index in [9.17, 15) is 4.79 Å². The molecule has 1 amide bonds. The van der Waals surface area contributed by atoms with Gasteiger partial charge in [-0.25, -0.2) is 4.98 Å². The van der Waals surface area contributed by atoms with Crippen LogP contribution in [0.15, 0.2) is 18.3 Å². The Morgan fingerprint density at radius 2 is 2.26 bits per heavy atom. The zero-order chi connectivity index (χ0) is 13.8. The molecule has 0 saturated carbocycles. The molecule has 5 nitrogen and oxygen atoms in total. The van der Waals surface area contributed by atoms with Gasteiger partial charge in [0.25, 0.3) is 5.91 Å².